The molecule has 0 saturated carbocycles. The van der Waals surface area contributed by atoms with Gasteiger partial charge >= 0.3 is 65.3 Å². The second kappa shape index (κ2) is 13.0. The fourth-order valence-electron chi connectivity index (χ4n) is 0.659. The van der Waals surface area contributed by atoms with Crippen molar-refractivity contribution in [2.24, 2.45) is 0 Å². The van der Waals surface area contributed by atoms with Gasteiger partial charge in [-0.15, -0.1) is 0 Å². The van der Waals surface area contributed by atoms with Gasteiger partial charge in [0.2, 0.25) is 10.1 Å². The molecule has 0 aromatic rings. The minimum absolute atomic E-state index is 0.0188. The summed E-state index contributed by atoms with van der Waals surface area (Å²) in [5, 5.41) is 0. The quantitative estimate of drug-likeness (QED) is 0.168. The van der Waals surface area contributed by atoms with Crippen molar-refractivity contribution in [1.82, 2.24) is 0 Å². The monoisotopic (exact) mass is 699 g/mol. The summed E-state index contributed by atoms with van der Waals surface area (Å²) in [7, 11) is -6.92. The molecule has 0 spiro atoms. The first-order valence-corrected chi connectivity index (χ1v) is 18.1. The van der Waals surface area contributed by atoms with E-state index < -0.39 is 20.2 Å². The number of hydrogen-bond acceptors (Lipinski definition) is 6. The standard InChI is InChI=1S/C7H15O6S2.Co.3HI/c1-3-15(10,11)13-7-5-4-6-12-14(2,8)9;;;;/h1,3-7H2,2H3;;3*1H/q-1;+3;;;/p-3. The summed E-state index contributed by atoms with van der Waals surface area (Å²) < 4.78 is 51.8. The first-order chi connectivity index (χ1) is 8.50. The summed E-state index contributed by atoms with van der Waals surface area (Å²) in [6.07, 6.45) is 1.78. The zero-order valence-corrected chi connectivity index (χ0v) is 19.1. The van der Waals surface area contributed by atoms with Crippen molar-refractivity contribution in [2.45, 2.75) is 12.8 Å². The SMILES string of the molecule is [CH2-]CS(=O)(=O)OCCCCOS(C)(=O)=O.[I][Co]([I])[I]. The maximum absolute atomic E-state index is 10.8. The van der Waals surface area contributed by atoms with Gasteiger partial charge < -0.3 is 6.92 Å². The van der Waals surface area contributed by atoms with Crippen molar-refractivity contribution in [3.8, 4) is 0 Å². The van der Waals surface area contributed by atoms with Crippen molar-refractivity contribution >= 4 is 81.5 Å². The molecule has 122 valence electrons. The van der Waals surface area contributed by atoms with E-state index in [2.05, 4.69) is 76.5 Å². The molecule has 12 heteroatoms. The summed E-state index contributed by atoms with van der Waals surface area (Å²) >= 11 is 7.14. The van der Waals surface area contributed by atoms with Crippen LogP contribution in [-0.2, 0) is 32.6 Å². The molecule has 0 atom stereocenters. The van der Waals surface area contributed by atoms with E-state index in [9.17, 15) is 16.8 Å². The van der Waals surface area contributed by atoms with E-state index in [-0.39, 0.29) is 19.0 Å². The summed E-state index contributed by atoms with van der Waals surface area (Å²) in [6, 6.07) is 0. The first kappa shape index (κ1) is 23.8. The van der Waals surface area contributed by atoms with Gasteiger partial charge in [-0.05, 0) is 12.8 Å². The normalized spacial score (nSPS) is 12.6. The van der Waals surface area contributed by atoms with Gasteiger partial charge in [-0.25, -0.2) is 8.42 Å². The summed E-state index contributed by atoms with van der Waals surface area (Å²) in [6.45, 7) is 3.24. The van der Waals surface area contributed by atoms with Crippen molar-refractivity contribution in [2.75, 3.05) is 25.2 Å². The van der Waals surface area contributed by atoms with E-state index in [1.54, 1.807) is 0 Å². The number of hydrogen-bond donors (Lipinski definition) is 0. The summed E-state index contributed by atoms with van der Waals surface area (Å²) in [5.74, 6) is -0.313. The Labute approximate surface area is 153 Å². The number of unbranched alkanes of at least 4 members (excludes halogenated alkanes) is 1. The molecule has 0 heterocycles. The second-order valence-electron chi connectivity index (χ2n) is 2.96. The third-order valence-electron chi connectivity index (χ3n) is 1.35. The van der Waals surface area contributed by atoms with Crippen LogP contribution < -0.4 is 0 Å². The van der Waals surface area contributed by atoms with Gasteiger partial charge in [0.15, 0.2) is 0 Å². The number of halogens is 3. The average molecular weight is 699 g/mol. The summed E-state index contributed by atoms with van der Waals surface area (Å²) in [5.41, 5.74) is 0. The molecule has 6 nitrogen and oxygen atoms in total. The summed E-state index contributed by atoms with van der Waals surface area (Å²) in [4.78, 5) is 0. The molecule has 0 N–H and O–H groups in total. The van der Waals surface area contributed by atoms with Gasteiger partial charge in [-0.3, -0.25) is 8.37 Å². The van der Waals surface area contributed by atoms with E-state index in [0.717, 1.165) is 6.26 Å². The molecule has 0 rings (SSSR count). The van der Waals surface area contributed by atoms with Crippen LogP contribution in [0.3, 0.4) is 0 Å². The average Bonchev–Trinajstić information content (AvgIpc) is 2.21. The molecule has 0 saturated heterocycles. The van der Waals surface area contributed by atoms with E-state index in [4.69, 9.17) is 0 Å². The van der Waals surface area contributed by atoms with Crippen LogP contribution in [0.4, 0.5) is 0 Å². The molecular formula is C7H15CoI3O6S2-. The predicted molar refractivity (Wildman–Crippen MR) is 97.2 cm³/mol. The van der Waals surface area contributed by atoms with Crippen LogP contribution in [0.25, 0.3) is 0 Å². The molecule has 0 aromatic carbocycles. The Morgan fingerprint density at radius 1 is 1.00 bits per heavy atom. The molecule has 0 aliphatic carbocycles. The molecule has 0 unspecified atom stereocenters. The van der Waals surface area contributed by atoms with Crippen molar-refractivity contribution in [3.05, 3.63) is 6.92 Å². The van der Waals surface area contributed by atoms with Crippen LogP contribution in [-0.4, -0.2) is 42.1 Å². The molecule has 0 aliphatic rings. The fraction of sp³-hybridized carbons (Fsp3) is 0.857. The van der Waals surface area contributed by atoms with Crippen molar-refractivity contribution in [3.63, 3.8) is 0 Å². The molecule has 0 amide bonds. The van der Waals surface area contributed by atoms with E-state index in [1.165, 1.54) is 0 Å². The topological polar surface area (TPSA) is 86.7 Å². The van der Waals surface area contributed by atoms with Gasteiger partial charge in [-0.2, -0.15) is 8.42 Å². The van der Waals surface area contributed by atoms with Crippen LogP contribution in [0.2, 0.25) is 0 Å². The Hall–Kier alpha value is 2.52. The van der Waals surface area contributed by atoms with Gasteiger partial charge in [0.25, 0.3) is 10.1 Å². The van der Waals surface area contributed by atoms with Crippen molar-refractivity contribution in [1.29, 1.82) is 0 Å². The van der Waals surface area contributed by atoms with Gasteiger partial charge in [0.1, 0.15) is 0 Å². The molecule has 0 radical (unpaired) electrons. The van der Waals surface area contributed by atoms with Crippen LogP contribution in [0.15, 0.2) is 0 Å². The molecule has 0 bridgehead atoms. The predicted octanol–water partition coefficient (Wildman–Crippen LogP) is 2.58. The minimum atomic E-state index is -3.51. The molecule has 0 aromatic heterocycles. The fourth-order valence-corrected chi connectivity index (χ4v) is 1.57. The van der Waals surface area contributed by atoms with E-state index in [1.807, 2.05) is 0 Å². The van der Waals surface area contributed by atoms with Crippen molar-refractivity contribution < 1.29 is 29.2 Å². The van der Waals surface area contributed by atoms with Crippen LogP contribution >= 0.6 is 61.2 Å². The van der Waals surface area contributed by atoms with Crippen LogP contribution in [0.1, 0.15) is 12.8 Å². The maximum atomic E-state index is 10.8. The van der Waals surface area contributed by atoms with Gasteiger partial charge in [-0.1, -0.05) is 5.75 Å². The van der Waals surface area contributed by atoms with Gasteiger partial charge in [0.05, 0.1) is 19.5 Å². The molecule has 19 heavy (non-hydrogen) atoms. The third-order valence-corrected chi connectivity index (χ3v) is 2.97. The number of rotatable bonds is 8. The Bertz CT molecular complexity index is 408. The third kappa shape index (κ3) is 25.8. The zero-order chi connectivity index (χ0) is 15.5. The first-order valence-electron chi connectivity index (χ1n) is 4.65. The Kier molecular flexibility index (Phi) is 16.3. The zero-order valence-electron chi connectivity index (χ0n) is 9.98. The Balaban J connectivity index is 0. The van der Waals surface area contributed by atoms with E-state index >= 15 is 0 Å². The Morgan fingerprint density at radius 3 is 1.68 bits per heavy atom. The second-order valence-corrected chi connectivity index (χ2v) is 32.7. The van der Waals surface area contributed by atoms with Gasteiger partial charge in [0, 0.05) is 0 Å². The molecular weight excluding hydrogens is 684 g/mol. The molecule has 0 aliphatic heterocycles. The van der Waals surface area contributed by atoms with Crippen LogP contribution in [0.5, 0.6) is 0 Å². The van der Waals surface area contributed by atoms with Crippen LogP contribution in [0, 0.1) is 6.92 Å². The van der Waals surface area contributed by atoms with E-state index in [0.29, 0.717) is 16.8 Å². The molecule has 0 fully saturated rings. The Morgan fingerprint density at radius 2 is 1.37 bits per heavy atom.